The van der Waals surface area contributed by atoms with E-state index in [2.05, 4.69) is 5.73 Å². The Hall–Kier alpha value is 2.93. The third-order valence-electron chi connectivity index (χ3n) is 0. The van der Waals surface area contributed by atoms with Crippen molar-refractivity contribution in [1.82, 2.24) is 0 Å². The summed E-state index contributed by atoms with van der Waals surface area (Å²) in [5.41, 5.74) is 4.03. The third-order valence-corrected chi connectivity index (χ3v) is 0. The molecule has 0 heterocycles. The van der Waals surface area contributed by atoms with Gasteiger partial charge in [-0.2, -0.15) is 8.42 Å². The van der Waals surface area contributed by atoms with Crippen molar-refractivity contribution in [3.05, 3.63) is 0 Å². The Morgan fingerprint density at radius 3 is 1.25 bits per heavy atom. The molecule has 1 amide bonds. The summed E-state index contributed by atoms with van der Waals surface area (Å²) < 4.78 is 31.6. The molecule has 0 saturated carbocycles. The third kappa shape index (κ3) is 214. The SMILES string of the molecule is NC(=O)O.O=S(=O)(O)O.[Fe].[H-].[H-].[K+].[K+]. The van der Waals surface area contributed by atoms with Crippen LogP contribution in [-0.2, 0) is 27.5 Å². The van der Waals surface area contributed by atoms with Gasteiger partial charge in [-0.05, 0) is 0 Å². The monoisotopic (exact) mass is 295 g/mol. The maximum atomic E-state index is 8.78. The summed E-state index contributed by atoms with van der Waals surface area (Å²) in [4.78, 5) is 8.78. The van der Waals surface area contributed by atoms with Gasteiger partial charge in [0.25, 0.3) is 0 Å². The van der Waals surface area contributed by atoms with Crippen molar-refractivity contribution in [3.8, 4) is 0 Å². The maximum absolute atomic E-state index is 8.78. The molecule has 0 saturated heterocycles. The molecule has 0 aromatic carbocycles. The fourth-order valence-corrected chi connectivity index (χ4v) is 0. The van der Waals surface area contributed by atoms with Crippen LogP contribution in [0.2, 0.25) is 0 Å². The van der Waals surface area contributed by atoms with Crippen LogP contribution >= 0.6 is 0 Å². The molecule has 0 aliphatic rings. The minimum atomic E-state index is -4.67. The van der Waals surface area contributed by atoms with Crippen LogP contribution < -0.4 is 109 Å². The van der Waals surface area contributed by atoms with Gasteiger partial charge in [0.2, 0.25) is 0 Å². The van der Waals surface area contributed by atoms with Crippen molar-refractivity contribution in [2.45, 2.75) is 0 Å². The van der Waals surface area contributed by atoms with Crippen LogP contribution in [-0.4, -0.2) is 28.7 Å². The largest absolute Gasteiger partial charge is 1.00 e. The summed E-state index contributed by atoms with van der Waals surface area (Å²) in [5.74, 6) is 0. The molecule has 0 aromatic rings. The molecule has 0 fully saturated rings. The minimum absolute atomic E-state index is 0. The molecule has 12 heavy (non-hydrogen) atoms. The van der Waals surface area contributed by atoms with Crippen LogP contribution in [0.4, 0.5) is 4.79 Å². The number of amides is 1. The summed E-state index contributed by atoms with van der Waals surface area (Å²) in [6, 6.07) is 0. The van der Waals surface area contributed by atoms with E-state index in [1.165, 1.54) is 0 Å². The van der Waals surface area contributed by atoms with Crippen molar-refractivity contribution < 1.29 is 150 Å². The summed E-state index contributed by atoms with van der Waals surface area (Å²) in [6.45, 7) is 0. The summed E-state index contributed by atoms with van der Waals surface area (Å²) >= 11 is 0. The zero-order valence-electron chi connectivity index (χ0n) is 8.41. The van der Waals surface area contributed by atoms with Gasteiger partial charge in [-0.3, -0.25) is 9.11 Å². The van der Waals surface area contributed by atoms with Crippen LogP contribution in [0.3, 0.4) is 0 Å². The van der Waals surface area contributed by atoms with E-state index in [1.54, 1.807) is 0 Å². The van der Waals surface area contributed by atoms with Crippen LogP contribution in [0.25, 0.3) is 0 Å². The normalized spacial score (nSPS) is 6.83. The van der Waals surface area contributed by atoms with Gasteiger partial charge in [0, 0.05) is 17.1 Å². The Kier molecular flexibility index (Phi) is 40.1. The first-order valence-corrected chi connectivity index (χ1v) is 2.81. The van der Waals surface area contributed by atoms with Crippen molar-refractivity contribution in [2.24, 2.45) is 5.73 Å². The molecule has 0 atom stereocenters. The summed E-state index contributed by atoms with van der Waals surface area (Å²) in [6.07, 6.45) is -1.33. The molecule has 0 aliphatic heterocycles. The second kappa shape index (κ2) is 16.4. The van der Waals surface area contributed by atoms with E-state index >= 15 is 0 Å². The molecule has 5 N–H and O–H groups in total. The second-order valence-corrected chi connectivity index (χ2v) is 1.68. The molecule has 0 bridgehead atoms. The Bertz CT molecular complexity index is 176. The second-order valence-electron chi connectivity index (χ2n) is 0.786. The Labute approximate surface area is 168 Å². The molecule has 7 nitrogen and oxygen atoms in total. The Morgan fingerprint density at radius 1 is 1.25 bits per heavy atom. The Balaban J connectivity index is -0.0000000104. The van der Waals surface area contributed by atoms with Crippen molar-refractivity contribution >= 4 is 16.5 Å². The number of primary amides is 1. The fraction of sp³-hybridized carbons (Fsp3) is 0. The Morgan fingerprint density at radius 2 is 1.25 bits per heavy atom. The van der Waals surface area contributed by atoms with Crippen LogP contribution in [0.15, 0.2) is 0 Å². The van der Waals surface area contributed by atoms with Gasteiger partial charge in [-0.1, -0.05) is 0 Å². The first kappa shape index (κ1) is 29.4. The quantitative estimate of drug-likeness (QED) is 0.259. The maximum Gasteiger partial charge on any atom is 1.00 e. The van der Waals surface area contributed by atoms with Gasteiger partial charge in [0.05, 0.1) is 0 Å². The molecule has 0 aromatic heterocycles. The molecule has 0 spiro atoms. The van der Waals surface area contributed by atoms with Gasteiger partial charge in [0.1, 0.15) is 0 Å². The average molecular weight is 295 g/mol. The average Bonchev–Trinajstić information content (AvgIpc) is 1.19. The molecule has 0 aliphatic carbocycles. The van der Waals surface area contributed by atoms with Gasteiger partial charge in [-0.25, -0.2) is 4.79 Å². The van der Waals surface area contributed by atoms with E-state index in [-0.39, 0.29) is 123 Å². The van der Waals surface area contributed by atoms with Crippen molar-refractivity contribution in [2.75, 3.05) is 0 Å². The van der Waals surface area contributed by atoms with Crippen LogP contribution in [0, 0.1) is 0 Å². The van der Waals surface area contributed by atoms with E-state index < -0.39 is 16.5 Å². The van der Waals surface area contributed by atoms with E-state index in [4.69, 9.17) is 27.4 Å². The van der Waals surface area contributed by atoms with Gasteiger partial charge in [-0.15, -0.1) is 0 Å². The predicted octanol–water partition coefficient (Wildman–Crippen LogP) is -6.80. The number of hydrogen-bond acceptors (Lipinski definition) is 3. The molecule has 0 rings (SSSR count). The summed E-state index contributed by atoms with van der Waals surface area (Å²) in [7, 11) is -4.67. The van der Waals surface area contributed by atoms with Gasteiger partial charge >= 0.3 is 119 Å². The predicted molar refractivity (Wildman–Crippen MR) is 28.6 cm³/mol. The first-order chi connectivity index (χ1) is 3.73. The number of carboxylic acid groups (broad SMARTS) is 1. The molecule has 0 radical (unpaired) electrons. The van der Waals surface area contributed by atoms with E-state index in [0.717, 1.165) is 0 Å². The molecular formula is CH7FeK2NO6S. The standard InChI is InChI=1S/CH3NO2.Fe.2K.H2O4S.2H/c2-1(3)4;;;;1-5(2,3)4;;/h2H2,(H,3,4);;;;(H2,1,2,3,4);;/q;;2*+1;;2*-1. The zero-order chi connectivity index (χ0) is 8.08. The van der Waals surface area contributed by atoms with Crippen LogP contribution in [0.5, 0.6) is 0 Å². The number of rotatable bonds is 0. The van der Waals surface area contributed by atoms with Gasteiger partial charge < -0.3 is 13.7 Å². The van der Waals surface area contributed by atoms with Gasteiger partial charge in [0.15, 0.2) is 0 Å². The summed E-state index contributed by atoms with van der Waals surface area (Å²) in [5, 5.41) is 7.19. The minimum Gasteiger partial charge on any atom is -1.00 e. The van der Waals surface area contributed by atoms with E-state index in [0.29, 0.717) is 0 Å². The first-order valence-electron chi connectivity index (χ1n) is 1.41. The van der Waals surface area contributed by atoms with Crippen molar-refractivity contribution in [1.29, 1.82) is 0 Å². The number of nitrogens with two attached hydrogens (primary N) is 1. The van der Waals surface area contributed by atoms with Crippen LogP contribution in [0.1, 0.15) is 2.85 Å². The zero-order valence-corrected chi connectivity index (χ0v) is 14.6. The smallest absolute Gasteiger partial charge is 1.00 e. The number of hydrogen-bond donors (Lipinski definition) is 4. The fourth-order valence-electron chi connectivity index (χ4n) is 0. The van der Waals surface area contributed by atoms with E-state index in [1.807, 2.05) is 0 Å². The van der Waals surface area contributed by atoms with Crippen molar-refractivity contribution in [3.63, 3.8) is 0 Å². The van der Waals surface area contributed by atoms with E-state index in [9.17, 15) is 0 Å². The molecule has 0 unspecified atom stereocenters. The molecule has 11 heteroatoms. The topological polar surface area (TPSA) is 138 Å². The molecular weight excluding hydrogens is 288 g/mol. The molecule has 68 valence electrons. The number of carbonyl (C=O) groups is 1.